The zero-order valence-electron chi connectivity index (χ0n) is 8.88. The van der Waals surface area contributed by atoms with Gasteiger partial charge in [-0.25, -0.2) is 0 Å². The van der Waals surface area contributed by atoms with Crippen LogP contribution in [-0.2, 0) is 9.47 Å². The van der Waals surface area contributed by atoms with Crippen molar-refractivity contribution in [2.24, 2.45) is 0 Å². The smallest absolute Gasteiger partial charge is 0.0556 e. The van der Waals surface area contributed by atoms with Crippen LogP contribution < -0.4 is 0 Å². The van der Waals surface area contributed by atoms with E-state index in [4.69, 9.17) is 9.47 Å². The van der Waals surface area contributed by atoms with Gasteiger partial charge in [-0.2, -0.15) is 11.8 Å². The topological polar surface area (TPSA) is 18.5 Å². The fourth-order valence-electron chi connectivity index (χ4n) is 0.831. The van der Waals surface area contributed by atoms with Crippen LogP contribution >= 0.6 is 11.8 Å². The van der Waals surface area contributed by atoms with E-state index in [1.807, 2.05) is 11.8 Å². The summed E-state index contributed by atoms with van der Waals surface area (Å²) in [6.45, 7) is 7.82. The summed E-state index contributed by atoms with van der Waals surface area (Å²) in [4.78, 5) is 0. The summed E-state index contributed by atoms with van der Waals surface area (Å²) >= 11 is 1.90. The monoisotopic (exact) mass is 206 g/mol. The van der Waals surface area contributed by atoms with Gasteiger partial charge < -0.3 is 9.47 Å². The normalized spacial score (nSPS) is 10.6. The van der Waals surface area contributed by atoms with Crippen LogP contribution in [0.3, 0.4) is 0 Å². The van der Waals surface area contributed by atoms with Crippen molar-refractivity contribution in [1.29, 1.82) is 0 Å². The van der Waals surface area contributed by atoms with Crippen LogP contribution in [0.25, 0.3) is 0 Å². The molecule has 13 heavy (non-hydrogen) atoms. The third-order valence-corrected chi connectivity index (χ3v) is 2.35. The van der Waals surface area contributed by atoms with Crippen LogP contribution in [0.15, 0.2) is 0 Å². The van der Waals surface area contributed by atoms with Crippen molar-refractivity contribution >= 4 is 11.8 Å². The highest BCUT2D eigenvalue weighted by molar-refractivity contribution is 7.99. The molecule has 0 aromatic rings. The van der Waals surface area contributed by atoms with Crippen molar-refractivity contribution in [2.75, 3.05) is 37.9 Å². The van der Waals surface area contributed by atoms with E-state index in [1.54, 1.807) is 0 Å². The highest BCUT2D eigenvalue weighted by Gasteiger charge is 1.90. The summed E-state index contributed by atoms with van der Waals surface area (Å²) in [6.07, 6.45) is 2.23. The van der Waals surface area contributed by atoms with Gasteiger partial charge in [0.1, 0.15) is 0 Å². The van der Waals surface area contributed by atoms with Gasteiger partial charge in [-0.05, 0) is 12.8 Å². The first-order valence-electron chi connectivity index (χ1n) is 5.15. The Bertz CT molecular complexity index is 79.0. The second-order valence-corrected chi connectivity index (χ2v) is 4.06. The first kappa shape index (κ1) is 13.3. The number of hydrogen-bond donors (Lipinski definition) is 0. The Morgan fingerprint density at radius 2 is 1.23 bits per heavy atom. The van der Waals surface area contributed by atoms with Crippen LogP contribution in [-0.4, -0.2) is 37.9 Å². The fourth-order valence-corrected chi connectivity index (χ4v) is 1.51. The van der Waals surface area contributed by atoms with E-state index in [1.165, 1.54) is 0 Å². The molecule has 0 saturated carbocycles. The first-order valence-corrected chi connectivity index (χ1v) is 6.30. The predicted molar refractivity (Wildman–Crippen MR) is 59.5 cm³/mol. The van der Waals surface area contributed by atoms with Gasteiger partial charge in [0.15, 0.2) is 0 Å². The van der Waals surface area contributed by atoms with Crippen molar-refractivity contribution in [3.8, 4) is 0 Å². The van der Waals surface area contributed by atoms with Crippen LogP contribution in [0.4, 0.5) is 0 Å². The lowest BCUT2D eigenvalue weighted by Crippen LogP contribution is -2.02. The molecule has 0 aromatic heterocycles. The molecule has 0 aliphatic carbocycles. The summed E-state index contributed by atoms with van der Waals surface area (Å²) in [6, 6.07) is 0. The number of thioether (sulfide) groups is 1. The average Bonchev–Trinajstić information content (AvgIpc) is 2.16. The third-order valence-electron chi connectivity index (χ3n) is 1.44. The molecule has 0 radical (unpaired) electrons. The maximum absolute atomic E-state index is 5.35. The lowest BCUT2D eigenvalue weighted by Gasteiger charge is -2.03. The quantitative estimate of drug-likeness (QED) is 0.512. The molecule has 3 heteroatoms. The maximum atomic E-state index is 5.35. The van der Waals surface area contributed by atoms with Gasteiger partial charge in [0.05, 0.1) is 13.2 Å². The van der Waals surface area contributed by atoms with Crippen molar-refractivity contribution in [2.45, 2.75) is 26.7 Å². The minimum atomic E-state index is 0.881. The molecule has 0 aromatic carbocycles. The summed E-state index contributed by atoms with van der Waals surface area (Å²) in [7, 11) is 0. The molecule has 2 nitrogen and oxygen atoms in total. The van der Waals surface area contributed by atoms with Crippen molar-refractivity contribution in [1.82, 2.24) is 0 Å². The van der Waals surface area contributed by atoms with Crippen molar-refractivity contribution < 1.29 is 9.47 Å². The molecule has 0 aliphatic heterocycles. The van der Waals surface area contributed by atoms with Crippen LogP contribution in [0, 0.1) is 0 Å². The first-order chi connectivity index (χ1) is 6.41. The number of hydrogen-bond acceptors (Lipinski definition) is 3. The molecule has 0 atom stereocenters. The molecule has 0 rings (SSSR count). The summed E-state index contributed by atoms with van der Waals surface area (Å²) in [5.74, 6) is 2.19. The predicted octanol–water partition coefficient (Wildman–Crippen LogP) is 2.57. The summed E-state index contributed by atoms with van der Waals surface area (Å²) < 4.78 is 10.7. The second kappa shape index (κ2) is 12.3. The van der Waals surface area contributed by atoms with Gasteiger partial charge in [0.25, 0.3) is 0 Å². The molecular formula is C10H22O2S. The highest BCUT2D eigenvalue weighted by atomic mass is 32.2. The van der Waals surface area contributed by atoms with E-state index in [2.05, 4.69) is 13.8 Å². The van der Waals surface area contributed by atoms with Gasteiger partial charge in [-0.1, -0.05) is 13.8 Å². The van der Waals surface area contributed by atoms with Crippen LogP contribution in [0.1, 0.15) is 26.7 Å². The Kier molecular flexibility index (Phi) is 12.5. The molecule has 0 spiro atoms. The second-order valence-electron chi connectivity index (χ2n) is 2.84. The van der Waals surface area contributed by atoms with Gasteiger partial charge in [-0.3, -0.25) is 0 Å². The SMILES string of the molecule is CCCOCCSCCOCCC. The molecule has 0 unspecified atom stereocenters. The van der Waals surface area contributed by atoms with E-state index in [0.29, 0.717) is 0 Å². The molecule has 0 N–H and O–H groups in total. The van der Waals surface area contributed by atoms with Gasteiger partial charge in [0.2, 0.25) is 0 Å². The minimum absolute atomic E-state index is 0.881. The van der Waals surface area contributed by atoms with E-state index in [9.17, 15) is 0 Å². The minimum Gasteiger partial charge on any atom is -0.381 e. The van der Waals surface area contributed by atoms with E-state index >= 15 is 0 Å². The standard InChI is InChI=1S/C10H22O2S/c1-3-5-11-7-9-13-10-8-12-6-4-2/h3-10H2,1-2H3. The van der Waals surface area contributed by atoms with Gasteiger partial charge in [-0.15, -0.1) is 0 Å². The zero-order chi connectivity index (χ0) is 9.78. The van der Waals surface area contributed by atoms with Crippen molar-refractivity contribution in [3.63, 3.8) is 0 Å². The van der Waals surface area contributed by atoms with Crippen LogP contribution in [0.2, 0.25) is 0 Å². The van der Waals surface area contributed by atoms with E-state index in [0.717, 1.165) is 50.8 Å². The Hall–Kier alpha value is 0.270. The van der Waals surface area contributed by atoms with E-state index in [-0.39, 0.29) is 0 Å². The Balaban J connectivity index is 2.76. The van der Waals surface area contributed by atoms with Crippen molar-refractivity contribution in [3.05, 3.63) is 0 Å². The molecule has 0 saturated heterocycles. The zero-order valence-corrected chi connectivity index (χ0v) is 9.70. The lowest BCUT2D eigenvalue weighted by atomic mass is 10.5. The fraction of sp³-hybridized carbons (Fsp3) is 1.00. The largest absolute Gasteiger partial charge is 0.381 e. The third kappa shape index (κ3) is 12.3. The van der Waals surface area contributed by atoms with E-state index < -0.39 is 0 Å². The number of ether oxygens (including phenoxy) is 2. The van der Waals surface area contributed by atoms with Gasteiger partial charge in [0, 0.05) is 24.7 Å². The molecular weight excluding hydrogens is 184 g/mol. The molecule has 80 valence electrons. The molecule has 0 aliphatic rings. The van der Waals surface area contributed by atoms with Crippen LogP contribution in [0.5, 0.6) is 0 Å². The maximum Gasteiger partial charge on any atom is 0.0556 e. The highest BCUT2D eigenvalue weighted by Crippen LogP contribution is 1.99. The Morgan fingerprint density at radius 1 is 0.769 bits per heavy atom. The summed E-state index contributed by atoms with van der Waals surface area (Å²) in [5.41, 5.74) is 0. The Labute approximate surface area is 86.4 Å². The molecule has 0 fully saturated rings. The molecule has 0 bridgehead atoms. The average molecular weight is 206 g/mol. The number of rotatable bonds is 10. The summed E-state index contributed by atoms with van der Waals surface area (Å²) in [5, 5.41) is 0. The molecule has 0 heterocycles. The Morgan fingerprint density at radius 3 is 1.62 bits per heavy atom. The lowest BCUT2D eigenvalue weighted by molar-refractivity contribution is 0.148. The van der Waals surface area contributed by atoms with Gasteiger partial charge >= 0.3 is 0 Å². The molecule has 0 amide bonds.